The van der Waals surface area contributed by atoms with Gasteiger partial charge in [0.25, 0.3) is 0 Å². The molecule has 2 rings (SSSR count). The Bertz CT molecular complexity index is 397. The highest BCUT2D eigenvalue weighted by Gasteiger charge is 2.18. The molecule has 1 saturated heterocycles. The van der Waals surface area contributed by atoms with Gasteiger partial charge in [-0.3, -0.25) is 4.90 Å². The highest BCUT2D eigenvalue weighted by Crippen LogP contribution is 2.08. The number of nitrogens with zero attached hydrogens (tertiary/aromatic N) is 3. The van der Waals surface area contributed by atoms with Gasteiger partial charge in [-0.05, 0) is 37.8 Å². The summed E-state index contributed by atoms with van der Waals surface area (Å²) in [7, 11) is 4.25. The second kappa shape index (κ2) is 7.93. The molecule has 0 aromatic carbocycles. The minimum atomic E-state index is 0.845. The van der Waals surface area contributed by atoms with Gasteiger partial charge >= 0.3 is 0 Å². The lowest BCUT2D eigenvalue weighted by Crippen LogP contribution is -2.52. The van der Waals surface area contributed by atoms with Crippen LogP contribution in [0.1, 0.15) is 4.88 Å². The smallest absolute Gasteiger partial charge is 0.169 e. The highest BCUT2D eigenvalue weighted by atomic mass is 32.1. The van der Waals surface area contributed by atoms with Gasteiger partial charge in [0.15, 0.2) is 5.11 Å². The summed E-state index contributed by atoms with van der Waals surface area (Å²) in [5.41, 5.74) is 0. The number of nitrogens with one attached hydrogen (secondary N) is 1. The molecule has 1 aromatic rings. The van der Waals surface area contributed by atoms with Gasteiger partial charge in [-0.1, -0.05) is 6.07 Å². The number of thiophene rings is 1. The lowest BCUT2D eigenvalue weighted by atomic mass is 10.3. The Morgan fingerprint density at radius 1 is 1.35 bits per heavy atom. The van der Waals surface area contributed by atoms with Gasteiger partial charge in [-0.2, -0.15) is 0 Å². The van der Waals surface area contributed by atoms with Crippen LogP contribution in [0.2, 0.25) is 0 Å². The quantitative estimate of drug-likeness (QED) is 0.825. The van der Waals surface area contributed by atoms with Crippen LogP contribution >= 0.6 is 23.6 Å². The molecule has 20 heavy (non-hydrogen) atoms. The van der Waals surface area contributed by atoms with Gasteiger partial charge in [0.2, 0.25) is 0 Å². The van der Waals surface area contributed by atoms with Crippen molar-refractivity contribution in [2.24, 2.45) is 0 Å². The van der Waals surface area contributed by atoms with E-state index in [0.29, 0.717) is 0 Å². The molecule has 112 valence electrons. The Morgan fingerprint density at radius 2 is 2.10 bits per heavy atom. The summed E-state index contributed by atoms with van der Waals surface area (Å²) in [4.78, 5) is 8.37. The fourth-order valence-corrected chi connectivity index (χ4v) is 3.10. The van der Waals surface area contributed by atoms with Crippen LogP contribution in [0, 0.1) is 0 Å². The number of thiocarbonyl (C=S) groups is 1. The van der Waals surface area contributed by atoms with Crippen molar-refractivity contribution >= 4 is 28.7 Å². The van der Waals surface area contributed by atoms with Crippen molar-refractivity contribution in [2.45, 2.75) is 6.54 Å². The maximum absolute atomic E-state index is 5.48. The molecule has 4 nitrogen and oxygen atoms in total. The third kappa shape index (κ3) is 5.01. The number of hydrogen-bond acceptors (Lipinski definition) is 4. The monoisotopic (exact) mass is 312 g/mol. The van der Waals surface area contributed by atoms with E-state index in [1.165, 1.54) is 4.88 Å². The molecule has 0 amide bonds. The standard InChI is InChI=1S/C14H24N4S2/c1-16(2)5-6-17-7-9-18(10-8-17)14(19)15-12-13-4-3-11-20-13/h3-4,11H,5-10,12H2,1-2H3,(H,15,19). The zero-order chi connectivity index (χ0) is 14.4. The number of rotatable bonds is 5. The third-order valence-electron chi connectivity index (χ3n) is 3.52. The largest absolute Gasteiger partial charge is 0.358 e. The van der Waals surface area contributed by atoms with Crippen LogP contribution in [0.4, 0.5) is 0 Å². The summed E-state index contributed by atoms with van der Waals surface area (Å²) in [5.74, 6) is 0. The molecule has 1 aromatic heterocycles. The summed E-state index contributed by atoms with van der Waals surface area (Å²) in [6.07, 6.45) is 0. The molecule has 0 unspecified atom stereocenters. The molecule has 1 aliphatic rings. The van der Waals surface area contributed by atoms with E-state index in [4.69, 9.17) is 12.2 Å². The fraction of sp³-hybridized carbons (Fsp3) is 0.643. The predicted molar refractivity (Wildman–Crippen MR) is 90.3 cm³/mol. The molecule has 1 aliphatic heterocycles. The number of hydrogen-bond donors (Lipinski definition) is 1. The Kier molecular flexibility index (Phi) is 6.22. The Morgan fingerprint density at radius 3 is 2.70 bits per heavy atom. The molecular weight excluding hydrogens is 288 g/mol. The summed E-state index contributed by atoms with van der Waals surface area (Å²) in [6.45, 7) is 7.39. The molecule has 0 bridgehead atoms. The lowest BCUT2D eigenvalue weighted by Gasteiger charge is -2.36. The van der Waals surface area contributed by atoms with E-state index >= 15 is 0 Å². The van der Waals surface area contributed by atoms with E-state index in [1.807, 2.05) is 0 Å². The van der Waals surface area contributed by atoms with Crippen LogP contribution in [0.25, 0.3) is 0 Å². The van der Waals surface area contributed by atoms with Gasteiger partial charge in [0, 0.05) is 44.1 Å². The number of likely N-dealkylation sites (N-methyl/N-ethyl adjacent to an activating group) is 1. The molecule has 2 heterocycles. The maximum Gasteiger partial charge on any atom is 0.169 e. The normalized spacial score (nSPS) is 16.6. The minimum Gasteiger partial charge on any atom is -0.358 e. The van der Waals surface area contributed by atoms with Crippen LogP contribution < -0.4 is 5.32 Å². The Balaban J connectivity index is 1.66. The molecular formula is C14H24N4S2. The van der Waals surface area contributed by atoms with Crippen molar-refractivity contribution in [3.05, 3.63) is 22.4 Å². The van der Waals surface area contributed by atoms with Crippen molar-refractivity contribution in [3.63, 3.8) is 0 Å². The van der Waals surface area contributed by atoms with Crippen molar-refractivity contribution in [1.82, 2.24) is 20.0 Å². The van der Waals surface area contributed by atoms with E-state index in [-0.39, 0.29) is 0 Å². The first-order valence-electron chi connectivity index (χ1n) is 7.07. The van der Waals surface area contributed by atoms with E-state index in [9.17, 15) is 0 Å². The van der Waals surface area contributed by atoms with Crippen molar-refractivity contribution in [3.8, 4) is 0 Å². The molecule has 6 heteroatoms. The Labute approximate surface area is 131 Å². The van der Waals surface area contributed by atoms with Crippen molar-refractivity contribution in [1.29, 1.82) is 0 Å². The zero-order valence-corrected chi connectivity index (χ0v) is 14.0. The molecule has 0 aliphatic carbocycles. The summed E-state index contributed by atoms with van der Waals surface area (Å²) < 4.78 is 0. The van der Waals surface area contributed by atoms with E-state index in [1.54, 1.807) is 11.3 Å². The van der Waals surface area contributed by atoms with Crippen molar-refractivity contribution in [2.75, 3.05) is 53.4 Å². The first-order chi connectivity index (χ1) is 9.65. The van der Waals surface area contributed by atoms with Crippen LogP contribution in [-0.2, 0) is 6.54 Å². The lowest BCUT2D eigenvalue weighted by molar-refractivity contribution is 0.168. The second-order valence-electron chi connectivity index (χ2n) is 5.37. The SMILES string of the molecule is CN(C)CCN1CCN(C(=S)NCc2cccs2)CC1. The molecule has 0 spiro atoms. The van der Waals surface area contributed by atoms with Gasteiger partial charge < -0.3 is 15.1 Å². The molecule has 0 saturated carbocycles. The van der Waals surface area contributed by atoms with Crippen LogP contribution in [-0.4, -0.2) is 73.2 Å². The first kappa shape index (κ1) is 15.7. The molecule has 1 fully saturated rings. The highest BCUT2D eigenvalue weighted by molar-refractivity contribution is 7.80. The minimum absolute atomic E-state index is 0.845. The summed E-state index contributed by atoms with van der Waals surface area (Å²) in [6, 6.07) is 4.22. The second-order valence-corrected chi connectivity index (χ2v) is 6.79. The van der Waals surface area contributed by atoms with Gasteiger partial charge in [-0.25, -0.2) is 0 Å². The third-order valence-corrected chi connectivity index (χ3v) is 4.80. The van der Waals surface area contributed by atoms with Crippen LogP contribution in [0.5, 0.6) is 0 Å². The number of piperazine rings is 1. The summed E-state index contributed by atoms with van der Waals surface area (Å²) >= 11 is 7.25. The van der Waals surface area contributed by atoms with Gasteiger partial charge in [-0.15, -0.1) is 11.3 Å². The average Bonchev–Trinajstić information content (AvgIpc) is 2.96. The van der Waals surface area contributed by atoms with Gasteiger partial charge in [0.05, 0.1) is 6.54 Å². The summed E-state index contributed by atoms with van der Waals surface area (Å²) in [5, 5.41) is 6.36. The van der Waals surface area contributed by atoms with Gasteiger partial charge in [0.1, 0.15) is 0 Å². The molecule has 1 N–H and O–H groups in total. The zero-order valence-electron chi connectivity index (χ0n) is 12.3. The van der Waals surface area contributed by atoms with Crippen molar-refractivity contribution < 1.29 is 0 Å². The fourth-order valence-electron chi connectivity index (χ4n) is 2.20. The van der Waals surface area contributed by atoms with Crippen LogP contribution in [0.3, 0.4) is 0 Å². The van der Waals surface area contributed by atoms with E-state index in [2.05, 4.69) is 51.6 Å². The average molecular weight is 313 g/mol. The van der Waals surface area contributed by atoms with E-state index < -0.39 is 0 Å². The Hall–Kier alpha value is -0.690. The predicted octanol–water partition coefficient (Wildman–Crippen LogP) is 1.30. The van der Waals surface area contributed by atoms with E-state index in [0.717, 1.165) is 50.9 Å². The van der Waals surface area contributed by atoms with Crippen LogP contribution in [0.15, 0.2) is 17.5 Å². The maximum atomic E-state index is 5.48. The topological polar surface area (TPSA) is 21.8 Å². The first-order valence-corrected chi connectivity index (χ1v) is 8.36. The molecule has 0 radical (unpaired) electrons. The molecule has 0 atom stereocenters.